The normalized spacial score (nSPS) is 14.4. The summed E-state index contributed by atoms with van der Waals surface area (Å²) in [7, 11) is 1.54. The van der Waals surface area contributed by atoms with Gasteiger partial charge in [-0.1, -0.05) is 0 Å². The number of likely N-dealkylation sites (N-methyl/N-ethyl adjacent to an activating group) is 1. The van der Waals surface area contributed by atoms with Crippen LogP contribution in [-0.2, 0) is 6.18 Å². The summed E-state index contributed by atoms with van der Waals surface area (Å²) < 4.78 is 36.8. The number of halogens is 3. The molecular weight excluding hydrogens is 199 g/mol. The molecule has 80 valence electrons. The standard InChI is InChI=1S/C7H10F3N3O/c1-11-3-5(14)4-2-12-13-6(4)7(8,9)10/h2,5,11,14H,3H2,1H3,(H,12,13). The molecule has 0 radical (unpaired) electrons. The van der Waals surface area contributed by atoms with Crippen LogP contribution in [-0.4, -0.2) is 28.9 Å². The van der Waals surface area contributed by atoms with Gasteiger partial charge < -0.3 is 10.4 Å². The minimum Gasteiger partial charge on any atom is -0.387 e. The largest absolute Gasteiger partial charge is 0.433 e. The van der Waals surface area contributed by atoms with Crippen LogP contribution in [0.4, 0.5) is 13.2 Å². The van der Waals surface area contributed by atoms with Crippen molar-refractivity contribution in [2.24, 2.45) is 0 Å². The first-order valence-electron chi connectivity index (χ1n) is 3.90. The fraction of sp³-hybridized carbons (Fsp3) is 0.571. The molecule has 1 atom stereocenters. The van der Waals surface area contributed by atoms with Crippen molar-refractivity contribution in [3.63, 3.8) is 0 Å². The molecule has 0 bridgehead atoms. The molecule has 0 aliphatic rings. The summed E-state index contributed by atoms with van der Waals surface area (Å²) in [4.78, 5) is 0. The van der Waals surface area contributed by atoms with Crippen LogP contribution in [0.25, 0.3) is 0 Å². The second kappa shape index (κ2) is 3.97. The SMILES string of the molecule is CNCC(O)c1cn[nH]c1C(F)(F)F. The van der Waals surface area contributed by atoms with Crippen molar-refractivity contribution in [3.05, 3.63) is 17.5 Å². The molecule has 1 aromatic rings. The number of nitrogens with zero attached hydrogens (tertiary/aromatic N) is 1. The van der Waals surface area contributed by atoms with Gasteiger partial charge in [0, 0.05) is 12.1 Å². The molecule has 1 heterocycles. The van der Waals surface area contributed by atoms with Crippen molar-refractivity contribution < 1.29 is 18.3 Å². The van der Waals surface area contributed by atoms with Crippen molar-refractivity contribution in [3.8, 4) is 0 Å². The zero-order valence-electron chi connectivity index (χ0n) is 7.39. The van der Waals surface area contributed by atoms with Gasteiger partial charge in [-0.25, -0.2) is 0 Å². The van der Waals surface area contributed by atoms with Gasteiger partial charge in [-0.2, -0.15) is 18.3 Å². The smallest absolute Gasteiger partial charge is 0.387 e. The maximum Gasteiger partial charge on any atom is 0.433 e. The van der Waals surface area contributed by atoms with E-state index in [-0.39, 0.29) is 12.1 Å². The van der Waals surface area contributed by atoms with Crippen LogP contribution in [0.15, 0.2) is 6.20 Å². The van der Waals surface area contributed by atoms with E-state index in [2.05, 4.69) is 10.4 Å². The maximum atomic E-state index is 12.3. The summed E-state index contributed by atoms with van der Waals surface area (Å²) in [5, 5.41) is 17.0. The predicted molar refractivity (Wildman–Crippen MR) is 42.5 cm³/mol. The molecule has 7 heteroatoms. The van der Waals surface area contributed by atoms with Gasteiger partial charge in [0.15, 0.2) is 0 Å². The average molecular weight is 209 g/mol. The monoisotopic (exact) mass is 209 g/mol. The van der Waals surface area contributed by atoms with Gasteiger partial charge >= 0.3 is 6.18 Å². The molecule has 0 aliphatic carbocycles. The van der Waals surface area contributed by atoms with Crippen molar-refractivity contribution in [1.82, 2.24) is 15.5 Å². The molecule has 1 rings (SSSR count). The Kier molecular flexibility index (Phi) is 3.12. The van der Waals surface area contributed by atoms with E-state index >= 15 is 0 Å². The van der Waals surface area contributed by atoms with Crippen LogP contribution >= 0.6 is 0 Å². The minimum absolute atomic E-state index is 0.0443. The number of aliphatic hydroxyl groups is 1. The lowest BCUT2D eigenvalue weighted by molar-refractivity contribution is -0.142. The van der Waals surface area contributed by atoms with E-state index in [0.717, 1.165) is 6.20 Å². The Hall–Kier alpha value is -1.08. The number of hydrogen-bond acceptors (Lipinski definition) is 3. The summed E-state index contributed by atoms with van der Waals surface area (Å²) >= 11 is 0. The van der Waals surface area contributed by atoms with Crippen molar-refractivity contribution in [1.29, 1.82) is 0 Å². The van der Waals surface area contributed by atoms with E-state index in [4.69, 9.17) is 0 Å². The maximum absolute atomic E-state index is 12.3. The van der Waals surface area contributed by atoms with E-state index in [1.165, 1.54) is 7.05 Å². The molecular formula is C7H10F3N3O. The first kappa shape index (κ1) is 11.0. The van der Waals surface area contributed by atoms with E-state index in [1.54, 1.807) is 0 Å². The molecule has 0 fully saturated rings. The van der Waals surface area contributed by atoms with Crippen LogP contribution in [0.3, 0.4) is 0 Å². The number of hydrogen-bond donors (Lipinski definition) is 3. The lowest BCUT2D eigenvalue weighted by Gasteiger charge is -2.11. The molecule has 14 heavy (non-hydrogen) atoms. The van der Waals surface area contributed by atoms with Gasteiger partial charge in [0.2, 0.25) is 0 Å². The number of H-pyrrole nitrogens is 1. The average Bonchev–Trinajstić information content (AvgIpc) is 2.50. The highest BCUT2D eigenvalue weighted by molar-refractivity contribution is 5.22. The molecule has 0 amide bonds. The molecule has 4 nitrogen and oxygen atoms in total. The fourth-order valence-electron chi connectivity index (χ4n) is 1.08. The second-order valence-corrected chi connectivity index (χ2v) is 2.77. The highest BCUT2D eigenvalue weighted by atomic mass is 19.4. The highest BCUT2D eigenvalue weighted by Crippen LogP contribution is 2.32. The quantitative estimate of drug-likeness (QED) is 0.686. The van der Waals surface area contributed by atoms with E-state index in [1.807, 2.05) is 5.10 Å². The Morgan fingerprint density at radius 1 is 1.64 bits per heavy atom. The number of aliphatic hydroxyl groups excluding tert-OH is 1. The molecule has 0 aliphatic heterocycles. The zero-order valence-corrected chi connectivity index (χ0v) is 7.39. The lowest BCUT2D eigenvalue weighted by Crippen LogP contribution is -2.19. The second-order valence-electron chi connectivity index (χ2n) is 2.77. The van der Waals surface area contributed by atoms with Crippen LogP contribution in [0.2, 0.25) is 0 Å². The molecule has 1 aromatic heterocycles. The summed E-state index contributed by atoms with van der Waals surface area (Å²) in [6, 6.07) is 0. The Morgan fingerprint density at radius 3 is 2.79 bits per heavy atom. The Morgan fingerprint density at radius 2 is 2.29 bits per heavy atom. The number of aromatic nitrogens is 2. The number of rotatable bonds is 3. The van der Waals surface area contributed by atoms with Gasteiger partial charge in [0.1, 0.15) is 5.69 Å². The minimum atomic E-state index is -4.51. The number of alkyl halides is 3. The van der Waals surface area contributed by atoms with Crippen LogP contribution in [0.5, 0.6) is 0 Å². The van der Waals surface area contributed by atoms with Gasteiger partial charge in [-0.3, -0.25) is 5.10 Å². The molecule has 0 spiro atoms. The van der Waals surface area contributed by atoms with Crippen LogP contribution in [0.1, 0.15) is 17.4 Å². The molecule has 3 N–H and O–H groups in total. The molecule has 0 saturated heterocycles. The van der Waals surface area contributed by atoms with Crippen molar-refractivity contribution in [2.75, 3.05) is 13.6 Å². The predicted octanol–water partition coefficient (Wildman–Crippen LogP) is 0.681. The first-order chi connectivity index (χ1) is 6.46. The number of aromatic amines is 1. The fourth-order valence-corrected chi connectivity index (χ4v) is 1.08. The number of nitrogens with one attached hydrogen (secondary N) is 2. The molecule has 1 unspecified atom stereocenters. The molecule has 0 aromatic carbocycles. The summed E-state index contributed by atoms with van der Waals surface area (Å²) in [5.74, 6) is 0. The van der Waals surface area contributed by atoms with Crippen molar-refractivity contribution >= 4 is 0 Å². The Balaban J connectivity index is 2.93. The third-order valence-corrected chi connectivity index (χ3v) is 1.71. The first-order valence-corrected chi connectivity index (χ1v) is 3.90. The summed E-state index contributed by atoms with van der Waals surface area (Å²) in [6.45, 7) is 0.0443. The van der Waals surface area contributed by atoms with Gasteiger partial charge in [-0.15, -0.1) is 0 Å². The van der Waals surface area contributed by atoms with Gasteiger partial charge in [-0.05, 0) is 7.05 Å². The van der Waals surface area contributed by atoms with Gasteiger partial charge in [0.05, 0.1) is 12.3 Å². The zero-order chi connectivity index (χ0) is 10.8. The molecule has 0 saturated carbocycles. The summed E-state index contributed by atoms with van der Waals surface area (Å²) in [6.07, 6.45) is -4.75. The lowest BCUT2D eigenvalue weighted by atomic mass is 10.1. The van der Waals surface area contributed by atoms with Crippen LogP contribution < -0.4 is 5.32 Å². The third-order valence-electron chi connectivity index (χ3n) is 1.71. The van der Waals surface area contributed by atoms with E-state index < -0.39 is 18.0 Å². The Bertz CT molecular complexity index is 297. The topological polar surface area (TPSA) is 60.9 Å². The van der Waals surface area contributed by atoms with E-state index in [0.29, 0.717) is 0 Å². The summed E-state index contributed by atoms with van der Waals surface area (Å²) in [5.41, 5.74) is -1.24. The third kappa shape index (κ3) is 2.24. The Labute approximate surface area is 78.1 Å². The van der Waals surface area contributed by atoms with Crippen LogP contribution in [0, 0.1) is 0 Å². The highest BCUT2D eigenvalue weighted by Gasteiger charge is 2.37. The van der Waals surface area contributed by atoms with Crippen molar-refractivity contribution in [2.45, 2.75) is 12.3 Å². The van der Waals surface area contributed by atoms with E-state index in [9.17, 15) is 18.3 Å². The van der Waals surface area contributed by atoms with Gasteiger partial charge in [0.25, 0.3) is 0 Å².